The maximum absolute atomic E-state index is 12.2. The second-order valence-electron chi connectivity index (χ2n) is 5.54. The second-order valence-corrected chi connectivity index (χ2v) is 7.26. The molecule has 2 heterocycles. The Bertz CT molecular complexity index is 755. The molecule has 1 aliphatic rings. The third-order valence-electron chi connectivity index (χ3n) is 3.78. The van der Waals surface area contributed by atoms with E-state index >= 15 is 0 Å². The number of hydrogen-bond donors (Lipinski definition) is 1. The van der Waals surface area contributed by atoms with Crippen LogP contribution in [0.3, 0.4) is 0 Å². The minimum atomic E-state index is -3.55. The molecule has 2 aromatic rings. The van der Waals surface area contributed by atoms with Gasteiger partial charge >= 0.3 is 0 Å². The number of aromatic nitrogens is 2. The minimum Gasteiger partial charge on any atom is -0.493 e. The lowest BCUT2D eigenvalue weighted by Gasteiger charge is -2.14. The second kappa shape index (κ2) is 6.10. The molecule has 22 heavy (non-hydrogen) atoms. The van der Waals surface area contributed by atoms with Crippen molar-refractivity contribution in [1.29, 1.82) is 0 Å². The maximum Gasteiger partial charge on any atom is 0.259 e. The number of para-hydroxylation sites is 1. The van der Waals surface area contributed by atoms with Gasteiger partial charge in [0.25, 0.3) is 10.0 Å². The summed E-state index contributed by atoms with van der Waals surface area (Å²) in [5, 5.41) is 0.0558. The van der Waals surface area contributed by atoms with E-state index in [2.05, 4.69) is 9.71 Å². The Labute approximate surface area is 130 Å². The van der Waals surface area contributed by atoms with Crippen LogP contribution >= 0.6 is 0 Å². The highest BCUT2D eigenvalue weighted by Crippen LogP contribution is 2.26. The molecule has 1 N–H and O–H groups in total. The number of nitrogens with zero attached hydrogens (tertiary/aromatic N) is 2. The van der Waals surface area contributed by atoms with Crippen molar-refractivity contribution in [2.75, 3.05) is 13.2 Å². The molecule has 0 bridgehead atoms. The van der Waals surface area contributed by atoms with Gasteiger partial charge in [-0.2, -0.15) is 0 Å². The van der Waals surface area contributed by atoms with E-state index in [4.69, 9.17) is 4.74 Å². The van der Waals surface area contributed by atoms with Gasteiger partial charge in [-0.15, -0.1) is 0 Å². The molecule has 0 saturated heterocycles. The molecular formula is C15H19N3O3S. The summed E-state index contributed by atoms with van der Waals surface area (Å²) >= 11 is 0. The minimum absolute atomic E-state index is 0.0558. The van der Waals surface area contributed by atoms with Crippen molar-refractivity contribution < 1.29 is 13.2 Å². The molecule has 0 fully saturated rings. The van der Waals surface area contributed by atoms with E-state index in [0.29, 0.717) is 13.2 Å². The van der Waals surface area contributed by atoms with E-state index in [1.54, 1.807) is 11.6 Å². The van der Waals surface area contributed by atoms with Crippen LogP contribution in [0.25, 0.3) is 0 Å². The molecular weight excluding hydrogens is 302 g/mol. The Morgan fingerprint density at radius 2 is 2.23 bits per heavy atom. The lowest BCUT2D eigenvalue weighted by atomic mass is 9.97. The lowest BCUT2D eigenvalue weighted by Crippen LogP contribution is -2.30. The van der Waals surface area contributed by atoms with E-state index in [-0.39, 0.29) is 10.9 Å². The average Bonchev–Trinajstić information content (AvgIpc) is 2.83. The van der Waals surface area contributed by atoms with Gasteiger partial charge < -0.3 is 9.30 Å². The smallest absolute Gasteiger partial charge is 0.259 e. The molecule has 1 aromatic heterocycles. The van der Waals surface area contributed by atoms with Crippen molar-refractivity contribution in [1.82, 2.24) is 14.3 Å². The van der Waals surface area contributed by atoms with E-state index < -0.39 is 10.0 Å². The summed E-state index contributed by atoms with van der Waals surface area (Å²) in [4.78, 5) is 3.89. The molecule has 118 valence electrons. The van der Waals surface area contributed by atoms with Crippen LogP contribution in [0, 0.1) is 5.92 Å². The van der Waals surface area contributed by atoms with E-state index in [9.17, 15) is 8.42 Å². The van der Waals surface area contributed by atoms with Crippen LogP contribution in [0.15, 0.2) is 41.8 Å². The monoisotopic (exact) mass is 321 g/mol. The van der Waals surface area contributed by atoms with Crippen LogP contribution in [0.2, 0.25) is 0 Å². The fourth-order valence-electron chi connectivity index (χ4n) is 2.57. The number of aryl methyl sites for hydroxylation is 1. The van der Waals surface area contributed by atoms with Gasteiger partial charge in [0, 0.05) is 19.8 Å². The molecule has 3 rings (SSSR count). The number of nitrogens with one attached hydrogen (secondary N) is 1. The van der Waals surface area contributed by atoms with E-state index in [1.807, 2.05) is 24.3 Å². The van der Waals surface area contributed by atoms with Crippen molar-refractivity contribution in [2.24, 2.45) is 13.0 Å². The third-order valence-corrected chi connectivity index (χ3v) is 5.09. The molecule has 0 spiro atoms. The highest BCUT2D eigenvalue weighted by Gasteiger charge is 2.22. The van der Waals surface area contributed by atoms with E-state index in [0.717, 1.165) is 24.2 Å². The van der Waals surface area contributed by atoms with Crippen LogP contribution in [0.4, 0.5) is 0 Å². The number of hydrogen-bond acceptors (Lipinski definition) is 4. The highest BCUT2D eigenvalue weighted by molar-refractivity contribution is 7.89. The number of benzene rings is 1. The Morgan fingerprint density at radius 3 is 3.00 bits per heavy atom. The van der Waals surface area contributed by atoms with Crippen molar-refractivity contribution >= 4 is 10.0 Å². The first kappa shape index (κ1) is 15.1. The zero-order valence-electron chi connectivity index (χ0n) is 12.4. The summed E-state index contributed by atoms with van der Waals surface area (Å²) in [5.41, 5.74) is 1.13. The lowest BCUT2D eigenvalue weighted by molar-refractivity contribution is 0.294. The zero-order chi connectivity index (χ0) is 15.6. The molecule has 0 saturated carbocycles. The van der Waals surface area contributed by atoms with Crippen LogP contribution < -0.4 is 9.46 Å². The Kier molecular flexibility index (Phi) is 4.17. The molecule has 0 radical (unpaired) electrons. The van der Waals surface area contributed by atoms with Crippen molar-refractivity contribution in [2.45, 2.75) is 17.9 Å². The first-order valence-electron chi connectivity index (χ1n) is 7.23. The molecule has 0 aliphatic carbocycles. The summed E-state index contributed by atoms with van der Waals surface area (Å²) in [6, 6.07) is 7.91. The molecule has 1 aliphatic heterocycles. The molecule has 1 atom stereocenters. The third kappa shape index (κ3) is 3.31. The number of rotatable bonds is 4. The van der Waals surface area contributed by atoms with Gasteiger partial charge in [0.2, 0.25) is 0 Å². The highest BCUT2D eigenvalue weighted by atomic mass is 32.2. The molecule has 1 aromatic carbocycles. The standard InChI is InChI=1S/C15H19N3O3S/c1-18-10-15(16-11-18)22(19,20)17-9-12-6-7-21-14-5-3-2-4-13(14)8-12/h2-5,10-12,17H,6-9H2,1H3/t12-/m0/s1. The predicted molar refractivity (Wildman–Crippen MR) is 82.1 cm³/mol. The topological polar surface area (TPSA) is 73.2 Å². The Morgan fingerprint density at radius 1 is 1.41 bits per heavy atom. The van der Waals surface area contributed by atoms with Crippen LogP contribution in [0.1, 0.15) is 12.0 Å². The Balaban J connectivity index is 1.67. The molecule has 7 heteroatoms. The van der Waals surface area contributed by atoms with Gasteiger partial charge in [0.1, 0.15) is 5.75 Å². The number of ether oxygens (including phenoxy) is 1. The van der Waals surface area contributed by atoms with Gasteiger partial charge in [-0.1, -0.05) is 18.2 Å². The predicted octanol–water partition coefficient (Wildman–Crippen LogP) is 1.34. The van der Waals surface area contributed by atoms with Crippen LogP contribution in [-0.2, 0) is 23.5 Å². The summed E-state index contributed by atoms with van der Waals surface area (Å²) in [5.74, 6) is 1.11. The van der Waals surface area contributed by atoms with E-state index in [1.165, 1.54) is 12.5 Å². The van der Waals surface area contributed by atoms with Gasteiger partial charge in [-0.3, -0.25) is 0 Å². The number of fused-ring (bicyclic) bond motifs is 1. The summed E-state index contributed by atoms with van der Waals surface area (Å²) in [6.45, 7) is 0.990. The fourth-order valence-corrected chi connectivity index (χ4v) is 3.66. The van der Waals surface area contributed by atoms with Crippen LogP contribution in [0.5, 0.6) is 5.75 Å². The fraction of sp³-hybridized carbons (Fsp3) is 0.400. The summed E-state index contributed by atoms with van der Waals surface area (Å²) in [7, 11) is -1.81. The normalized spacial score (nSPS) is 18.3. The quantitative estimate of drug-likeness (QED) is 0.922. The molecule has 0 unspecified atom stereocenters. The summed E-state index contributed by atoms with van der Waals surface area (Å²) in [6.07, 6.45) is 4.60. The SMILES string of the molecule is Cn1cnc(S(=O)(=O)NC[C@H]2CCOc3ccccc3C2)c1. The molecule has 6 nitrogen and oxygen atoms in total. The maximum atomic E-state index is 12.2. The van der Waals surface area contributed by atoms with Crippen molar-refractivity contribution in [3.63, 3.8) is 0 Å². The van der Waals surface area contributed by atoms with Gasteiger partial charge in [-0.25, -0.2) is 18.1 Å². The first-order chi connectivity index (χ1) is 10.5. The Hall–Kier alpha value is -1.86. The number of imidazole rings is 1. The van der Waals surface area contributed by atoms with Gasteiger partial charge in [0.05, 0.1) is 12.9 Å². The number of sulfonamides is 1. The average molecular weight is 321 g/mol. The van der Waals surface area contributed by atoms with Crippen LogP contribution in [-0.4, -0.2) is 31.1 Å². The molecule has 0 amide bonds. The van der Waals surface area contributed by atoms with Crippen molar-refractivity contribution in [3.05, 3.63) is 42.4 Å². The van der Waals surface area contributed by atoms with Crippen molar-refractivity contribution in [3.8, 4) is 5.75 Å². The van der Waals surface area contributed by atoms with Gasteiger partial charge in [-0.05, 0) is 30.4 Å². The zero-order valence-corrected chi connectivity index (χ0v) is 13.2. The van der Waals surface area contributed by atoms with Gasteiger partial charge in [0.15, 0.2) is 5.03 Å². The largest absolute Gasteiger partial charge is 0.493 e. The summed E-state index contributed by atoms with van der Waals surface area (Å²) < 4.78 is 34.4. The first-order valence-corrected chi connectivity index (χ1v) is 8.71.